The van der Waals surface area contributed by atoms with Gasteiger partial charge < -0.3 is 15.9 Å². The standard InChI is InChI=1S/C19H29NO2/c1-2-3-4-5-6-7-8-17-9-11-18(12-10-17)13-14-19(20,15-21)16-22/h9-12,21-22H,2-8,15-16,20H2,1H3. The first-order valence-electron chi connectivity index (χ1n) is 8.26. The Hall–Kier alpha value is -1.34. The first-order valence-corrected chi connectivity index (χ1v) is 8.26. The van der Waals surface area contributed by atoms with Crippen LogP contribution < -0.4 is 5.73 Å². The van der Waals surface area contributed by atoms with Crippen molar-refractivity contribution in [3.8, 4) is 11.8 Å². The Balaban J connectivity index is 2.42. The minimum Gasteiger partial charge on any atom is -0.393 e. The van der Waals surface area contributed by atoms with E-state index in [1.165, 1.54) is 44.1 Å². The lowest BCUT2D eigenvalue weighted by atomic mass is 10.0. The molecule has 0 aliphatic carbocycles. The number of rotatable bonds is 9. The predicted molar refractivity (Wildman–Crippen MR) is 91.5 cm³/mol. The van der Waals surface area contributed by atoms with Gasteiger partial charge in [0.1, 0.15) is 5.54 Å². The molecule has 1 rings (SSSR count). The monoisotopic (exact) mass is 303 g/mol. The van der Waals surface area contributed by atoms with E-state index >= 15 is 0 Å². The topological polar surface area (TPSA) is 66.5 Å². The Morgan fingerprint density at radius 3 is 2.14 bits per heavy atom. The predicted octanol–water partition coefficient (Wildman–Crippen LogP) is 2.62. The van der Waals surface area contributed by atoms with E-state index in [9.17, 15) is 0 Å². The Kier molecular flexibility index (Phi) is 8.84. The molecule has 0 spiro atoms. The average molecular weight is 303 g/mol. The van der Waals surface area contributed by atoms with Crippen LogP contribution in [0.25, 0.3) is 0 Å². The van der Waals surface area contributed by atoms with Gasteiger partial charge in [-0.25, -0.2) is 0 Å². The van der Waals surface area contributed by atoms with E-state index in [-0.39, 0.29) is 13.2 Å². The molecule has 3 heteroatoms. The molecule has 3 nitrogen and oxygen atoms in total. The Morgan fingerprint density at radius 2 is 1.55 bits per heavy atom. The fraction of sp³-hybridized carbons (Fsp3) is 0.579. The molecule has 0 saturated carbocycles. The van der Waals surface area contributed by atoms with Gasteiger partial charge in [-0.15, -0.1) is 0 Å². The van der Waals surface area contributed by atoms with Crippen LogP contribution in [0.3, 0.4) is 0 Å². The van der Waals surface area contributed by atoms with Gasteiger partial charge in [-0.05, 0) is 30.5 Å². The van der Waals surface area contributed by atoms with Crippen LogP contribution in [0.4, 0.5) is 0 Å². The molecule has 0 radical (unpaired) electrons. The maximum Gasteiger partial charge on any atom is 0.125 e. The number of unbranched alkanes of at least 4 members (excludes halogenated alkanes) is 5. The van der Waals surface area contributed by atoms with Crippen LogP contribution in [-0.2, 0) is 6.42 Å². The van der Waals surface area contributed by atoms with Crippen molar-refractivity contribution in [1.29, 1.82) is 0 Å². The largest absolute Gasteiger partial charge is 0.393 e. The van der Waals surface area contributed by atoms with Gasteiger partial charge in [0, 0.05) is 5.56 Å². The lowest BCUT2D eigenvalue weighted by Crippen LogP contribution is -2.45. The summed E-state index contributed by atoms with van der Waals surface area (Å²) in [6, 6.07) is 8.11. The molecule has 1 aromatic rings. The minimum absolute atomic E-state index is 0.355. The molecule has 0 amide bonds. The molecule has 1 aromatic carbocycles. The smallest absolute Gasteiger partial charge is 0.125 e. The van der Waals surface area contributed by atoms with Gasteiger partial charge in [0.25, 0.3) is 0 Å². The fourth-order valence-corrected chi connectivity index (χ4v) is 2.19. The Bertz CT molecular complexity index is 466. The van der Waals surface area contributed by atoms with Crippen molar-refractivity contribution in [2.24, 2.45) is 5.73 Å². The van der Waals surface area contributed by atoms with Gasteiger partial charge in [-0.2, -0.15) is 0 Å². The van der Waals surface area contributed by atoms with Gasteiger partial charge >= 0.3 is 0 Å². The fourth-order valence-electron chi connectivity index (χ4n) is 2.19. The highest BCUT2D eigenvalue weighted by molar-refractivity contribution is 5.38. The first-order chi connectivity index (χ1) is 10.6. The van der Waals surface area contributed by atoms with Crippen LogP contribution in [-0.4, -0.2) is 29.0 Å². The van der Waals surface area contributed by atoms with Crippen molar-refractivity contribution < 1.29 is 10.2 Å². The minimum atomic E-state index is -1.23. The van der Waals surface area contributed by atoms with Gasteiger partial charge in [0.2, 0.25) is 0 Å². The number of aliphatic hydroxyl groups excluding tert-OH is 2. The number of hydrogen-bond acceptors (Lipinski definition) is 3. The molecule has 122 valence electrons. The van der Waals surface area contributed by atoms with E-state index in [1.54, 1.807) is 0 Å². The van der Waals surface area contributed by atoms with E-state index in [0.717, 1.165) is 12.0 Å². The summed E-state index contributed by atoms with van der Waals surface area (Å²) in [5.41, 5.74) is 6.67. The van der Waals surface area contributed by atoms with Gasteiger partial charge in [-0.3, -0.25) is 0 Å². The normalized spacial score (nSPS) is 11.1. The van der Waals surface area contributed by atoms with Crippen molar-refractivity contribution in [2.75, 3.05) is 13.2 Å². The third-order valence-corrected chi connectivity index (χ3v) is 3.79. The van der Waals surface area contributed by atoms with E-state index in [1.807, 2.05) is 12.1 Å². The van der Waals surface area contributed by atoms with Gasteiger partial charge in [-0.1, -0.05) is 63.0 Å². The molecule has 4 N–H and O–H groups in total. The van der Waals surface area contributed by atoms with Crippen molar-refractivity contribution in [2.45, 2.75) is 57.4 Å². The average Bonchev–Trinajstić information content (AvgIpc) is 2.57. The number of aliphatic hydroxyl groups is 2. The van der Waals surface area contributed by atoms with Crippen molar-refractivity contribution >= 4 is 0 Å². The zero-order valence-electron chi connectivity index (χ0n) is 13.6. The van der Waals surface area contributed by atoms with E-state index in [4.69, 9.17) is 15.9 Å². The van der Waals surface area contributed by atoms with Crippen LogP contribution in [0.15, 0.2) is 24.3 Å². The summed E-state index contributed by atoms with van der Waals surface area (Å²) >= 11 is 0. The molecule has 0 bridgehead atoms. The van der Waals surface area contributed by atoms with Crippen LogP contribution >= 0.6 is 0 Å². The van der Waals surface area contributed by atoms with Crippen LogP contribution in [0.2, 0.25) is 0 Å². The maximum atomic E-state index is 9.09. The highest BCUT2D eigenvalue weighted by atomic mass is 16.3. The highest BCUT2D eigenvalue weighted by Crippen LogP contribution is 2.11. The molecule has 0 unspecified atom stereocenters. The second-order valence-electron chi connectivity index (χ2n) is 5.94. The molecule has 0 saturated heterocycles. The first kappa shape index (κ1) is 18.7. The zero-order chi connectivity index (χ0) is 16.3. The SMILES string of the molecule is CCCCCCCCc1ccc(C#CC(N)(CO)CO)cc1. The summed E-state index contributed by atoms with van der Waals surface area (Å²) in [7, 11) is 0. The Labute approximate surface area is 134 Å². The zero-order valence-corrected chi connectivity index (χ0v) is 13.6. The number of nitrogens with two attached hydrogens (primary N) is 1. The van der Waals surface area contributed by atoms with Crippen LogP contribution in [0.5, 0.6) is 0 Å². The second kappa shape index (κ2) is 10.4. The van der Waals surface area contributed by atoms with E-state index in [2.05, 4.69) is 30.9 Å². The third kappa shape index (κ3) is 7.09. The highest BCUT2D eigenvalue weighted by Gasteiger charge is 2.19. The molecule has 0 heterocycles. The van der Waals surface area contributed by atoms with Gasteiger partial charge in [0.05, 0.1) is 13.2 Å². The Morgan fingerprint density at radius 1 is 0.955 bits per heavy atom. The molecule has 22 heavy (non-hydrogen) atoms. The summed E-state index contributed by atoms with van der Waals surface area (Å²) in [5.74, 6) is 5.64. The lowest BCUT2D eigenvalue weighted by Gasteiger charge is -2.16. The summed E-state index contributed by atoms with van der Waals surface area (Å²) in [5, 5.41) is 18.2. The molecule has 0 atom stereocenters. The molecular formula is C19H29NO2. The molecule has 0 aliphatic rings. The van der Waals surface area contributed by atoms with Gasteiger partial charge in [0.15, 0.2) is 0 Å². The molecule has 0 aromatic heterocycles. The third-order valence-electron chi connectivity index (χ3n) is 3.79. The van der Waals surface area contributed by atoms with Crippen molar-refractivity contribution in [3.05, 3.63) is 35.4 Å². The summed E-state index contributed by atoms with van der Waals surface area (Å²) < 4.78 is 0. The molecular weight excluding hydrogens is 274 g/mol. The van der Waals surface area contributed by atoms with E-state index in [0.29, 0.717) is 0 Å². The van der Waals surface area contributed by atoms with Crippen LogP contribution in [0.1, 0.15) is 56.6 Å². The molecule has 0 fully saturated rings. The number of benzene rings is 1. The van der Waals surface area contributed by atoms with Crippen LogP contribution in [0, 0.1) is 11.8 Å². The maximum absolute atomic E-state index is 9.09. The summed E-state index contributed by atoms with van der Waals surface area (Å²) in [6.07, 6.45) is 8.95. The van der Waals surface area contributed by atoms with Crippen molar-refractivity contribution in [3.63, 3.8) is 0 Å². The van der Waals surface area contributed by atoms with Crippen molar-refractivity contribution in [1.82, 2.24) is 0 Å². The number of hydrogen-bond donors (Lipinski definition) is 3. The lowest BCUT2D eigenvalue weighted by molar-refractivity contribution is 0.158. The molecule has 0 aliphatic heterocycles. The van der Waals surface area contributed by atoms with E-state index < -0.39 is 5.54 Å². The second-order valence-corrected chi connectivity index (χ2v) is 5.94. The quantitative estimate of drug-likeness (QED) is 0.485. The number of aryl methyl sites for hydroxylation is 1. The summed E-state index contributed by atoms with van der Waals surface area (Å²) in [4.78, 5) is 0. The summed E-state index contributed by atoms with van der Waals surface area (Å²) in [6.45, 7) is 1.53.